The molecule has 0 heterocycles. The van der Waals surface area contributed by atoms with Crippen LogP contribution in [-0.2, 0) is 4.79 Å². The maximum atomic E-state index is 11.8. The Hall–Kier alpha value is -0.570. The van der Waals surface area contributed by atoms with E-state index in [2.05, 4.69) is 34.6 Å². The van der Waals surface area contributed by atoms with Gasteiger partial charge in [0.05, 0.1) is 6.10 Å². The molecule has 11 atom stereocenters. The van der Waals surface area contributed by atoms with Gasteiger partial charge in [-0.25, -0.2) is 0 Å². The summed E-state index contributed by atoms with van der Waals surface area (Å²) in [6.45, 7) is 12.1. The molecule has 4 aliphatic carbocycles. The maximum absolute atomic E-state index is 11.8. The lowest BCUT2D eigenvalue weighted by molar-refractivity contribution is -0.198. The van der Waals surface area contributed by atoms with E-state index in [9.17, 15) is 15.0 Å². The van der Waals surface area contributed by atoms with Crippen molar-refractivity contribution in [3.05, 3.63) is 0 Å². The van der Waals surface area contributed by atoms with E-state index >= 15 is 0 Å². The summed E-state index contributed by atoms with van der Waals surface area (Å²) in [6.07, 6.45) is 11.1. The zero-order chi connectivity index (χ0) is 21.8. The topological polar surface area (TPSA) is 57.5 Å². The van der Waals surface area contributed by atoms with E-state index < -0.39 is 5.97 Å². The van der Waals surface area contributed by atoms with Crippen LogP contribution < -0.4 is 0 Å². The summed E-state index contributed by atoms with van der Waals surface area (Å²) >= 11 is 0. The van der Waals surface area contributed by atoms with Crippen LogP contribution in [0.2, 0.25) is 0 Å². The number of aliphatic carboxylic acids is 1. The van der Waals surface area contributed by atoms with E-state index in [0.29, 0.717) is 53.3 Å². The summed E-state index contributed by atoms with van der Waals surface area (Å²) in [4.78, 5) is 11.1. The first-order valence-electron chi connectivity index (χ1n) is 13.0. The number of aliphatic hydroxyl groups excluding tert-OH is 1. The average Bonchev–Trinajstić information content (AvgIpc) is 3.05. The molecule has 4 fully saturated rings. The summed E-state index contributed by atoms with van der Waals surface area (Å²) < 4.78 is 0. The molecule has 3 heteroatoms. The number of rotatable bonds is 5. The minimum atomic E-state index is -0.663. The standard InChI is InChI=1S/C27H46O3/c1-6-18-22-15-16(2)11-13-27(22,5)21-12-14-26(4)19(17(3)7-10-23(28)29)8-9-20(26)24(21)25(18)30/h16-22,24-25,30H,6-15H2,1-5H3,(H,28,29)/t16?,17-,18-,19-,20+,21+,22+,24+,25-,26-,27-/m1/s1. The lowest BCUT2D eigenvalue weighted by Gasteiger charge is -2.65. The Balaban J connectivity index is 1.61. The first-order valence-corrected chi connectivity index (χ1v) is 13.0. The third-order valence-corrected chi connectivity index (χ3v) is 11.3. The van der Waals surface area contributed by atoms with Gasteiger partial charge in [0.15, 0.2) is 0 Å². The van der Waals surface area contributed by atoms with Gasteiger partial charge in [-0.15, -0.1) is 0 Å². The second-order valence-corrected chi connectivity index (χ2v) is 12.5. The van der Waals surface area contributed by atoms with E-state index in [1.54, 1.807) is 0 Å². The Labute approximate surface area is 184 Å². The summed E-state index contributed by atoms with van der Waals surface area (Å²) in [5.74, 6) is 4.14. The Morgan fingerprint density at radius 1 is 1.03 bits per heavy atom. The molecule has 0 aromatic rings. The van der Waals surface area contributed by atoms with Gasteiger partial charge in [-0.3, -0.25) is 4.79 Å². The predicted molar refractivity (Wildman–Crippen MR) is 121 cm³/mol. The van der Waals surface area contributed by atoms with Gasteiger partial charge < -0.3 is 10.2 Å². The summed E-state index contributed by atoms with van der Waals surface area (Å²) in [7, 11) is 0. The number of hydrogen-bond acceptors (Lipinski definition) is 2. The van der Waals surface area contributed by atoms with Gasteiger partial charge in [-0.1, -0.05) is 47.5 Å². The van der Waals surface area contributed by atoms with Crippen molar-refractivity contribution in [1.29, 1.82) is 0 Å². The molecule has 0 amide bonds. The van der Waals surface area contributed by atoms with Crippen molar-refractivity contribution in [2.24, 2.45) is 58.2 Å². The van der Waals surface area contributed by atoms with Crippen LogP contribution in [0.5, 0.6) is 0 Å². The summed E-state index contributed by atoms with van der Waals surface area (Å²) in [5.41, 5.74) is 0.689. The maximum Gasteiger partial charge on any atom is 0.303 e. The number of carboxylic acids is 1. The largest absolute Gasteiger partial charge is 0.481 e. The zero-order valence-corrected chi connectivity index (χ0v) is 20.1. The van der Waals surface area contributed by atoms with Gasteiger partial charge in [0.1, 0.15) is 0 Å². The Bertz CT molecular complexity index is 646. The Morgan fingerprint density at radius 2 is 1.70 bits per heavy atom. The molecule has 2 N–H and O–H groups in total. The molecule has 4 saturated carbocycles. The van der Waals surface area contributed by atoms with E-state index in [4.69, 9.17) is 0 Å². The van der Waals surface area contributed by atoms with Gasteiger partial charge in [0, 0.05) is 6.42 Å². The Morgan fingerprint density at radius 3 is 2.37 bits per heavy atom. The normalized spacial score (nSPS) is 51.5. The van der Waals surface area contributed by atoms with Gasteiger partial charge in [-0.2, -0.15) is 0 Å². The molecule has 0 radical (unpaired) electrons. The molecule has 0 aliphatic heterocycles. The first-order chi connectivity index (χ1) is 14.1. The molecule has 4 rings (SSSR count). The predicted octanol–water partition coefficient (Wildman–Crippen LogP) is 6.39. The highest BCUT2D eigenvalue weighted by molar-refractivity contribution is 5.66. The van der Waals surface area contributed by atoms with Crippen LogP contribution in [0.15, 0.2) is 0 Å². The third kappa shape index (κ3) is 3.37. The first kappa shape index (κ1) is 22.6. The van der Waals surface area contributed by atoms with Crippen molar-refractivity contribution in [2.75, 3.05) is 0 Å². The second kappa shape index (κ2) is 8.09. The van der Waals surface area contributed by atoms with Gasteiger partial charge in [0.25, 0.3) is 0 Å². The molecule has 1 unspecified atom stereocenters. The van der Waals surface area contributed by atoms with Gasteiger partial charge >= 0.3 is 5.97 Å². The fourth-order valence-corrected chi connectivity index (χ4v) is 9.71. The highest BCUT2D eigenvalue weighted by Crippen LogP contribution is 2.69. The van der Waals surface area contributed by atoms with Crippen molar-refractivity contribution >= 4 is 5.97 Å². The Kier molecular flexibility index (Phi) is 6.10. The van der Waals surface area contributed by atoms with Crippen molar-refractivity contribution in [1.82, 2.24) is 0 Å². The van der Waals surface area contributed by atoms with Crippen molar-refractivity contribution in [3.63, 3.8) is 0 Å². The number of hydrogen-bond donors (Lipinski definition) is 2. The average molecular weight is 419 g/mol. The molecule has 30 heavy (non-hydrogen) atoms. The van der Waals surface area contributed by atoms with Crippen molar-refractivity contribution < 1.29 is 15.0 Å². The van der Waals surface area contributed by atoms with Crippen LogP contribution in [0.3, 0.4) is 0 Å². The van der Waals surface area contributed by atoms with Crippen LogP contribution >= 0.6 is 0 Å². The molecule has 172 valence electrons. The molecule has 0 saturated heterocycles. The summed E-state index contributed by atoms with van der Waals surface area (Å²) in [6, 6.07) is 0. The third-order valence-electron chi connectivity index (χ3n) is 11.3. The number of fused-ring (bicyclic) bond motifs is 5. The highest BCUT2D eigenvalue weighted by Gasteiger charge is 2.64. The molecule has 0 spiro atoms. The molecule has 4 aliphatic rings. The zero-order valence-electron chi connectivity index (χ0n) is 20.1. The number of carboxylic acid groups (broad SMARTS) is 1. The van der Waals surface area contributed by atoms with Crippen molar-refractivity contribution in [2.45, 2.75) is 105 Å². The second-order valence-electron chi connectivity index (χ2n) is 12.5. The van der Waals surface area contributed by atoms with E-state index in [-0.39, 0.29) is 11.5 Å². The van der Waals surface area contributed by atoms with E-state index in [0.717, 1.165) is 18.8 Å². The fraction of sp³-hybridized carbons (Fsp3) is 0.963. The van der Waals surface area contributed by atoms with Crippen LogP contribution in [-0.4, -0.2) is 22.3 Å². The minimum Gasteiger partial charge on any atom is -0.481 e. The van der Waals surface area contributed by atoms with Gasteiger partial charge in [-0.05, 0) is 103 Å². The lowest BCUT2D eigenvalue weighted by Crippen LogP contribution is -2.61. The molecule has 0 aromatic carbocycles. The quantitative estimate of drug-likeness (QED) is 0.544. The highest BCUT2D eigenvalue weighted by atomic mass is 16.4. The van der Waals surface area contributed by atoms with Crippen LogP contribution in [0.4, 0.5) is 0 Å². The van der Waals surface area contributed by atoms with Crippen LogP contribution in [0.25, 0.3) is 0 Å². The number of aliphatic hydroxyl groups is 1. The molecule has 0 aromatic heterocycles. The molecule has 0 bridgehead atoms. The van der Waals surface area contributed by atoms with Crippen molar-refractivity contribution in [3.8, 4) is 0 Å². The van der Waals surface area contributed by atoms with E-state index in [1.165, 1.54) is 44.9 Å². The smallest absolute Gasteiger partial charge is 0.303 e. The minimum absolute atomic E-state index is 0.138. The van der Waals surface area contributed by atoms with E-state index in [1.807, 2.05) is 0 Å². The number of carbonyl (C=O) groups is 1. The lowest BCUT2D eigenvalue weighted by atomic mass is 9.41. The molecule has 3 nitrogen and oxygen atoms in total. The molecular formula is C27H46O3. The van der Waals surface area contributed by atoms with Gasteiger partial charge in [0.2, 0.25) is 0 Å². The van der Waals surface area contributed by atoms with Crippen LogP contribution in [0.1, 0.15) is 98.8 Å². The molecular weight excluding hydrogens is 372 g/mol. The fourth-order valence-electron chi connectivity index (χ4n) is 9.71. The SMILES string of the molecule is CC[C@H]1[C@@H](O)[C@@H]2[C@H](CC[C@]3(C)[C@@H]([C@H](C)CCC(=O)O)CC[C@@H]23)[C@@]2(C)CCC(C)C[C@@H]12. The monoisotopic (exact) mass is 418 g/mol. The van der Waals surface area contributed by atoms with Crippen LogP contribution in [0, 0.1) is 58.2 Å². The summed E-state index contributed by atoms with van der Waals surface area (Å²) in [5, 5.41) is 21.0.